The van der Waals surface area contributed by atoms with Crippen LogP contribution in [-0.4, -0.2) is 73.4 Å². The minimum Gasteiger partial charge on any atom is -0.390 e. The summed E-state index contributed by atoms with van der Waals surface area (Å²) in [6.45, 7) is -0.834. The largest absolute Gasteiger partial charge is 0.490 e. The van der Waals surface area contributed by atoms with E-state index in [0.717, 1.165) is 4.90 Å². The van der Waals surface area contributed by atoms with Gasteiger partial charge in [0.25, 0.3) is 0 Å². The van der Waals surface area contributed by atoms with Crippen LogP contribution in [0.3, 0.4) is 0 Å². The first-order valence-electron chi connectivity index (χ1n) is 8.49. The number of ether oxygens (including phenoxy) is 1. The Kier molecular flexibility index (Phi) is 8.79. The number of aliphatic hydroxyl groups excluding tert-OH is 1. The van der Waals surface area contributed by atoms with Crippen molar-refractivity contribution >= 4 is 29.5 Å². The topological polar surface area (TPSA) is 274 Å². The molecule has 32 heavy (non-hydrogen) atoms. The first kappa shape index (κ1) is 27.1. The number of hydrogen-bond donors (Lipinski definition) is 8. The highest BCUT2D eigenvalue weighted by Crippen LogP contribution is 2.66. The molecule has 0 aromatic carbocycles. The van der Waals surface area contributed by atoms with Gasteiger partial charge >= 0.3 is 29.5 Å². The van der Waals surface area contributed by atoms with Gasteiger partial charge in [-0.05, 0) is 0 Å². The Balaban J connectivity index is 2.02. The smallest absolute Gasteiger partial charge is 0.390 e. The standard InChI is InChI=1S/C12H21N4O13P3/c13-3-1-2-7-5-16(12(18)15-11(7)14)10-4-8(17)9(27-10)6-26-31(22,23)29-32(24,25)28-30(19,20)21/h5,8-11,17H,3-4,6,13-14H2,(H,15,18)(H,22,23)(H,24,25)(H2,19,20,21)/t8-,9?,10-,11?/m1/s1. The number of urea groups is 1. The van der Waals surface area contributed by atoms with Gasteiger partial charge in [-0.3, -0.25) is 9.42 Å². The predicted molar refractivity (Wildman–Crippen MR) is 102 cm³/mol. The lowest BCUT2D eigenvalue weighted by atomic mass is 10.1. The number of nitrogens with zero attached hydrogens (tertiary/aromatic N) is 1. The Morgan fingerprint density at radius 2 is 1.88 bits per heavy atom. The summed E-state index contributed by atoms with van der Waals surface area (Å²) in [5.41, 5.74) is 11.4. The molecule has 0 bridgehead atoms. The summed E-state index contributed by atoms with van der Waals surface area (Å²) in [6, 6.07) is -0.679. The molecule has 20 heteroatoms. The van der Waals surface area contributed by atoms with Crippen molar-refractivity contribution in [3.8, 4) is 11.8 Å². The summed E-state index contributed by atoms with van der Waals surface area (Å²) in [5, 5.41) is 12.5. The number of hydrogen-bond acceptors (Lipinski definition) is 11. The fourth-order valence-corrected chi connectivity index (χ4v) is 5.59. The van der Waals surface area contributed by atoms with Gasteiger partial charge in [-0.2, -0.15) is 8.62 Å². The Bertz CT molecular complexity index is 958. The summed E-state index contributed by atoms with van der Waals surface area (Å²) < 4.78 is 50.7. The lowest BCUT2D eigenvalue weighted by molar-refractivity contribution is -0.0534. The maximum atomic E-state index is 12.2. The third-order valence-corrected chi connectivity index (χ3v) is 7.60. The van der Waals surface area contributed by atoms with Crippen molar-refractivity contribution in [2.24, 2.45) is 11.5 Å². The lowest BCUT2D eigenvalue weighted by Gasteiger charge is -2.32. The Hall–Kier alpha value is -1.18. The fraction of sp³-hybridized carbons (Fsp3) is 0.583. The van der Waals surface area contributed by atoms with E-state index in [1.165, 1.54) is 6.20 Å². The second kappa shape index (κ2) is 10.4. The van der Waals surface area contributed by atoms with E-state index in [9.17, 15) is 28.5 Å². The SMILES string of the molecule is NCC#CC1=CN([C@H]2C[C@@H](O)C(COP(=O)(O)OP(=O)(O)OP(=O)(O)O)O2)C(=O)NC1N. The van der Waals surface area contributed by atoms with E-state index in [0.29, 0.717) is 5.57 Å². The average Bonchev–Trinajstić information content (AvgIpc) is 2.97. The van der Waals surface area contributed by atoms with Crippen molar-refractivity contribution in [3.05, 3.63) is 11.8 Å². The highest BCUT2D eigenvalue weighted by atomic mass is 31.3. The van der Waals surface area contributed by atoms with Gasteiger partial charge in [-0.25, -0.2) is 18.5 Å². The quantitative estimate of drug-likeness (QED) is 0.126. The first-order valence-corrected chi connectivity index (χ1v) is 13.0. The third kappa shape index (κ3) is 7.99. The average molecular weight is 522 g/mol. The zero-order valence-electron chi connectivity index (χ0n) is 16.0. The number of nitrogens with two attached hydrogens (primary N) is 2. The molecule has 2 aliphatic heterocycles. The Morgan fingerprint density at radius 1 is 1.22 bits per heavy atom. The van der Waals surface area contributed by atoms with E-state index < -0.39 is 60.7 Å². The van der Waals surface area contributed by atoms with Crippen LogP contribution in [0.25, 0.3) is 0 Å². The van der Waals surface area contributed by atoms with Gasteiger partial charge in [-0.1, -0.05) is 11.8 Å². The van der Waals surface area contributed by atoms with Crippen molar-refractivity contribution in [2.75, 3.05) is 13.2 Å². The van der Waals surface area contributed by atoms with E-state index in [4.69, 9.17) is 30.9 Å². The molecular formula is C12H21N4O13P3. The van der Waals surface area contributed by atoms with Crippen LogP contribution in [-0.2, 0) is 31.6 Å². The molecule has 0 aromatic heterocycles. The summed E-state index contributed by atoms with van der Waals surface area (Å²) in [4.78, 5) is 48.8. The minimum absolute atomic E-state index is 0.0410. The number of carbonyl (C=O) groups excluding carboxylic acids is 1. The minimum atomic E-state index is -5.68. The molecule has 10 N–H and O–H groups in total. The van der Waals surface area contributed by atoms with Gasteiger partial charge < -0.3 is 46.2 Å². The molecule has 182 valence electrons. The number of phosphoric ester groups is 1. The molecule has 4 unspecified atom stereocenters. The van der Waals surface area contributed by atoms with Gasteiger partial charge in [0.15, 0.2) is 0 Å². The van der Waals surface area contributed by atoms with Crippen LogP contribution in [0.2, 0.25) is 0 Å². The number of phosphoric acid groups is 3. The second-order valence-electron chi connectivity index (χ2n) is 6.24. The Morgan fingerprint density at radius 3 is 2.47 bits per heavy atom. The fourth-order valence-electron chi connectivity index (χ4n) is 2.56. The number of nitrogens with one attached hydrogen (secondary N) is 1. The molecule has 1 saturated heterocycles. The summed E-state index contributed by atoms with van der Waals surface area (Å²) in [6.07, 6.45) is -3.47. The molecule has 0 aromatic rings. The van der Waals surface area contributed by atoms with Crippen LogP contribution in [0.1, 0.15) is 6.42 Å². The zero-order chi connectivity index (χ0) is 24.3. The summed E-state index contributed by atoms with van der Waals surface area (Å²) in [7, 11) is -16.6. The molecule has 2 heterocycles. The van der Waals surface area contributed by atoms with Crippen LogP contribution in [0.4, 0.5) is 4.79 Å². The predicted octanol–water partition coefficient (Wildman–Crippen LogP) is -2.04. The van der Waals surface area contributed by atoms with Crippen molar-refractivity contribution in [3.63, 3.8) is 0 Å². The van der Waals surface area contributed by atoms with Gasteiger partial charge in [0, 0.05) is 12.6 Å². The molecule has 0 saturated carbocycles. The van der Waals surface area contributed by atoms with Gasteiger partial charge in [0.05, 0.1) is 24.8 Å². The van der Waals surface area contributed by atoms with Crippen LogP contribution in [0.15, 0.2) is 11.8 Å². The highest BCUT2D eigenvalue weighted by Gasteiger charge is 2.44. The van der Waals surface area contributed by atoms with E-state index >= 15 is 0 Å². The third-order valence-electron chi connectivity index (χ3n) is 3.79. The maximum Gasteiger partial charge on any atom is 0.490 e. The lowest BCUT2D eigenvalue weighted by Crippen LogP contribution is -2.54. The normalized spacial score (nSPS) is 29.9. The molecular weight excluding hydrogens is 501 g/mol. The van der Waals surface area contributed by atoms with E-state index in [1.54, 1.807) is 0 Å². The van der Waals surface area contributed by atoms with E-state index in [1.807, 2.05) is 0 Å². The number of aliphatic hydroxyl groups is 1. The van der Waals surface area contributed by atoms with Gasteiger partial charge in [0.2, 0.25) is 0 Å². The molecule has 2 amide bonds. The number of rotatable bonds is 8. The van der Waals surface area contributed by atoms with Crippen LogP contribution >= 0.6 is 23.5 Å². The van der Waals surface area contributed by atoms with E-state index in [-0.39, 0.29) is 13.0 Å². The van der Waals surface area contributed by atoms with Gasteiger partial charge in [0.1, 0.15) is 18.5 Å². The molecule has 1 fully saturated rings. The summed E-state index contributed by atoms with van der Waals surface area (Å²) >= 11 is 0. The van der Waals surface area contributed by atoms with Crippen LogP contribution < -0.4 is 16.8 Å². The van der Waals surface area contributed by atoms with Crippen LogP contribution in [0, 0.1) is 11.8 Å². The molecule has 2 aliphatic rings. The molecule has 0 radical (unpaired) electrons. The van der Waals surface area contributed by atoms with E-state index in [2.05, 4.69) is 30.3 Å². The van der Waals surface area contributed by atoms with Gasteiger partial charge in [-0.15, -0.1) is 0 Å². The number of carbonyl (C=O) groups is 1. The monoisotopic (exact) mass is 522 g/mol. The van der Waals surface area contributed by atoms with Crippen LogP contribution in [0.5, 0.6) is 0 Å². The molecule has 6 atom stereocenters. The second-order valence-corrected chi connectivity index (χ2v) is 10.7. The highest BCUT2D eigenvalue weighted by molar-refractivity contribution is 7.66. The molecule has 2 rings (SSSR count). The van der Waals surface area contributed by atoms with Crippen molar-refractivity contribution in [1.82, 2.24) is 10.2 Å². The van der Waals surface area contributed by atoms with Crippen molar-refractivity contribution < 1.29 is 61.1 Å². The van der Waals surface area contributed by atoms with Crippen molar-refractivity contribution in [1.29, 1.82) is 0 Å². The zero-order valence-corrected chi connectivity index (χ0v) is 18.6. The summed E-state index contributed by atoms with van der Waals surface area (Å²) in [5.74, 6) is 5.24. The number of amides is 2. The van der Waals surface area contributed by atoms with Crippen molar-refractivity contribution in [2.45, 2.75) is 31.0 Å². The first-order chi connectivity index (χ1) is 14.6. The Labute approximate surface area is 180 Å². The maximum absolute atomic E-state index is 12.2. The molecule has 0 spiro atoms. The molecule has 17 nitrogen and oxygen atoms in total. The molecule has 0 aliphatic carbocycles.